The summed E-state index contributed by atoms with van der Waals surface area (Å²) in [5.41, 5.74) is 0.739. The highest BCUT2D eigenvalue weighted by Gasteiger charge is 2.46. The minimum atomic E-state index is -5.60. The number of hydrogen-bond donors (Lipinski definition) is 2. The molecule has 5 atom stereocenters. The molecule has 30 heavy (non-hydrogen) atoms. The Balaban J connectivity index is 0.00000218. The van der Waals surface area contributed by atoms with Crippen LogP contribution in [0, 0.1) is 0 Å². The zero-order valence-corrected chi connectivity index (χ0v) is 17.9. The molecule has 12 nitrogen and oxygen atoms in total. The van der Waals surface area contributed by atoms with Crippen molar-refractivity contribution in [2.75, 3.05) is 6.61 Å². The number of benzene rings is 1. The van der Waals surface area contributed by atoms with Crippen molar-refractivity contribution in [1.82, 2.24) is 5.32 Å². The normalized spacial score (nSPS) is 25.5. The van der Waals surface area contributed by atoms with Crippen LogP contribution in [0.25, 0.3) is 0 Å². The first kappa shape index (κ1) is 26.8. The molecule has 1 aromatic carbocycles. The van der Waals surface area contributed by atoms with Gasteiger partial charge in [0.25, 0.3) is 7.82 Å². The van der Waals surface area contributed by atoms with Crippen LogP contribution in [0.15, 0.2) is 30.3 Å². The van der Waals surface area contributed by atoms with Gasteiger partial charge in [-0.25, -0.2) is 4.79 Å². The minimum absolute atomic E-state index is 0.0754. The van der Waals surface area contributed by atoms with Gasteiger partial charge in [0.15, 0.2) is 6.10 Å². The lowest BCUT2D eigenvalue weighted by atomic mass is 9.93. The summed E-state index contributed by atoms with van der Waals surface area (Å²) in [6.45, 7) is 3.15. The van der Waals surface area contributed by atoms with Crippen molar-refractivity contribution in [1.29, 1.82) is 0 Å². The maximum atomic E-state index is 12.0. The van der Waals surface area contributed by atoms with E-state index in [1.54, 1.807) is 30.3 Å². The van der Waals surface area contributed by atoms with E-state index in [4.69, 9.17) is 22.2 Å². The Morgan fingerprint density at radius 1 is 1.20 bits per heavy atom. The number of carbonyl (C=O) groups is 1. The lowest BCUT2D eigenvalue weighted by Gasteiger charge is -2.35. The SMILES string of the molecule is CC.[B][C@@H]1O[C@H](COP(=O)([O-])O)C(OP(=O)([O-])[O-])[C@@H]1OC(=O)NCc1ccccc1. The number of phosphoric ester groups is 2. The predicted octanol–water partition coefficient (Wildman–Crippen LogP) is -1.11. The number of amides is 1. The summed E-state index contributed by atoms with van der Waals surface area (Å²) in [4.78, 5) is 53.2. The van der Waals surface area contributed by atoms with Crippen LogP contribution >= 0.6 is 15.6 Å². The van der Waals surface area contributed by atoms with Gasteiger partial charge >= 0.3 is 6.09 Å². The highest BCUT2D eigenvalue weighted by molar-refractivity contribution is 7.44. The first-order valence-electron chi connectivity index (χ1n) is 8.73. The summed E-state index contributed by atoms with van der Waals surface area (Å²) in [5, 5.41) is 2.38. The molecule has 0 saturated carbocycles. The maximum Gasteiger partial charge on any atom is 0.407 e. The molecule has 0 aliphatic carbocycles. The van der Waals surface area contributed by atoms with Crippen LogP contribution < -0.4 is 20.0 Å². The topological polar surface area (TPSA) is 190 Å². The molecular weight excluding hydrogens is 443 g/mol. The smallest absolute Gasteiger partial charge is 0.407 e. The van der Waals surface area contributed by atoms with E-state index in [2.05, 4.69) is 14.4 Å². The molecule has 1 aromatic rings. The van der Waals surface area contributed by atoms with Gasteiger partial charge in [-0.3, -0.25) is 4.57 Å². The molecule has 2 N–H and O–H groups in total. The second-order valence-corrected chi connectivity index (χ2v) is 7.93. The minimum Gasteiger partial charge on any atom is -0.790 e. The zero-order chi connectivity index (χ0) is 22.9. The second kappa shape index (κ2) is 11.9. The Labute approximate surface area is 174 Å². The molecule has 168 valence electrons. The number of rotatable bonds is 8. The van der Waals surface area contributed by atoms with Gasteiger partial charge in [0.1, 0.15) is 20.1 Å². The molecule has 1 amide bonds. The molecule has 15 heteroatoms. The van der Waals surface area contributed by atoms with Crippen molar-refractivity contribution in [3.63, 3.8) is 0 Å². The Morgan fingerprint density at radius 3 is 2.33 bits per heavy atom. The molecule has 2 rings (SSSR count). The average molecular weight is 464 g/mol. The summed E-state index contributed by atoms with van der Waals surface area (Å²) >= 11 is 0. The van der Waals surface area contributed by atoms with Gasteiger partial charge in [0.05, 0.1) is 20.4 Å². The van der Waals surface area contributed by atoms with Crippen LogP contribution in [0.5, 0.6) is 0 Å². The van der Waals surface area contributed by atoms with Crippen LogP contribution in [-0.4, -0.2) is 49.8 Å². The average Bonchev–Trinajstić information content (AvgIpc) is 2.94. The Morgan fingerprint density at radius 2 is 1.80 bits per heavy atom. The van der Waals surface area contributed by atoms with E-state index in [1.807, 2.05) is 13.8 Å². The highest BCUT2D eigenvalue weighted by atomic mass is 31.2. The Kier molecular flexibility index (Phi) is 10.7. The van der Waals surface area contributed by atoms with Gasteiger partial charge in [0, 0.05) is 6.54 Å². The van der Waals surface area contributed by atoms with Crippen LogP contribution in [-0.2, 0) is 34.2 Å². The molecule has 1 aliphatic rings. The highest BCUT2D eigenvalue weighted by Crippen LogP contribution is 2.38. The predicted molar refractivity (Wildman–Crippen MR) is 97.6 cm³/mol. The fourth-order valence-corrected chi connectivity index (χ4v) is 3.29. The number of carbonyl (C=O) groups excluding carboxylic acids is 1. The quantitative estimate of drug-likeness (QED) is 0.351. The van der Waals surface area contributed by atoms with Crippen molar-refractivity contribution in [2.45, 2.75) is 44.7 Å². The van der Waals surface area contributed by atoms with Crippen LogP contribution in [0.4, 0.5) is 4.79 Å². The Bertz CT molecular complexity index is 756. The van der Waals surface area contributed by atoms with Crippen molar-refractivity contribution < 1.29 is 52.0 Å². The van der Waals surface area contributed by atoms with Crippen LogP contribution in [0.1, 0.15) is 19.4 Å². The standard InChI is InChI=1S/C13H18BNO11P2.C2H6/c14-12-11(25-13(16)15-6-8-4-2-1-3-5-8)10(26-28(20,21)22)9(24-12)7-23-27(17,18)19;1-2/h1-5,9-12H,6-7H2,(H,15,16)(H2,17,18,19)(H2,20,21,22);1-2H3/p-3/t9-,10?,11+,12-;/m1./s1. The van der Waals surface area contributed by atoms with Crippen molar-refractivity contribution in [3.05, 3.63) is 35.9 Å². The van der Waals surface area contributed by atoms with Gasteiger partial charge < -0.3 is 48.0 Å². The number of hydrogen-bond acceptors (Lipinski definition) is 10. The second-order valence-electron chi connectivity index (χ2n) is 5.63. The molecule has 1 heterocycles. The molecule has 1 saturated heterocycles. The first-order chi connectivity index (χ1) is 13.9. The van der Waals surface area contributed by atoms with E-state index < -0.39 is 52.7 Å². The van der Waals surface area contributed by atoms with Gasteiger partial charge in [-0.05, 0) is 5.56 Å². The largest absolute Gasteiger partial charge is 0.790 e. The monoisotopic (exact) mass is 464 g/mol. The fraction of sp³-hybridized carbons (Fsp3) is 0.533. The molecule has 2 radical (unpaired) electrons. The molecule has 0 bridgehead atoms. The van der Waals surface area contributed by atoms with E-state index >= 15 is 0 Å². The van der Waals surface area contributed by atoms with E-state index in [-0.39, 0.29) is 6.54 Å². The first-order valence-corrected chi connectivity index (χ1v) is 11.7. The third-order valence-corrected chi connectivity index (χ3v) is 4.50. The van der Waals surface area contributed by atoms with Crippen LogP contribution in [0.2, 0.25) is 0 Å². The Hall–Kier alpha value is -1.27. The summed E-state index contributed by atoms with van der Waals surface area (Å²) in [5.74, 6) is 0. The van der Waals surface area contributed by atoms with E-state index in [1.165, 1.54) is 0 Å². The number of ether oxygens (including phenoxy) is 2. The molecular formula is C15H21BNO11P2-3. The number of alkyl carbamates (subject to hydrolysis) is 1. The summed E-state index contributed by atoms with van der Waals surface area (Å²) in [6.07, 6.45) is -5.92. The van der Waals surface area contributed by atoms with Gasteiger partial charge in [-0.15, -0.1) is 0 Å². The number of nitrogens with one attached hydrogen (secondary N) is 1. The summed E-state index contributed by atoms with van der Waals surface area (Å²) in [6, 6.07) is 7.26. The molecule has 2 unspecified atom stereocenters. The lowest BCUT2D eigenvalue weighted by molar-refractivity contribution is -0.346. The molecule has 0 aromatic heterocycles. The van der Waals surface area contributed by atoms with Gasteiger partial charge in [-0.2, -0.15) is 0 Å². The zero-order valence-electron chi connectivity index (χ0n) is 16.1. The van der Waals surface area contributed by atoms with Crippen molar-refractivity contribution >= 4 is 29.6 Å². The van der Waals surface area contributed by atoms with E-state index in [0.29, 0.717) is 0 Å². The van der Waals surface area contributed by atoms with Crippen molar-refractivity contribution in [2.24, 2.45) is 0 Å². The van der Waals surface area contributed by atoms with E-state index in [0.717, 1.165) is 5.56 Å². The fourth-order valence-electron chi connectivity index (χ4n) is 2.40. The summed E-state index contributed by atoms with van der Waals surface area (Å²) in [7, 11) is -5.17. The molecule has 0 spiro atoms. The van der Waals surface area contributed by atoms with Crippen molar-refractivity contribution in [3.8, 4) is 0 Å². The van der Waals surface area contributed by atoms with Gasteiger partial charge in [-0.1, -0.05) is 44.2 Å². The third kappa shape index (κ3) is 9.70. The molecule has 1 fully saturated rings. The van der Waals surface area contributed by atoms with E-state index in [9.17, 15) is 28.6 Å². The lowest BCUT2D eigenvalue weighted by Crippen LogP contribution is -2.43. The summed E-state index contributed by atoms with van der Waals surface area (Å²) < 4.78 is 40.1. The van der Waals surface area contributed by atoms with Gasteiger partial charge in [0.2, 0.25) is 0 Å². The number of phosphoric acid groups is 2. The maximum absolute atomic E-state index is 12.0. The van der Waals surface area contributed by atoms with Crippen LogP contribution in [0.3, 0.4) is 0 Å². The molecule has 1 aliphatic heterocycles. The third-order valence-electron chi connectivity index (χ3n) is 3.52.